The molecule has 6 nitrogen and oxygen atoms in total. The van der Waals surface area contributed by atoms with Crippen LogP contribution in [0.1, 0.15) is 30.2 Å². The largest absolute Gasteiger partial charge is 0.351 e. The summed E-state index contributed by atoms with van der Waals surface area (Å²) in [6, 6.07) is 5.96. The Bertz CT molecular complexity index is 833. The fraction of sp³-hybridized carbons (Fsp3) is 0.312. The van der Waals surface area contributed by atoms with Gasteiger partial charge in [0.05, 0.1) is 27.7 Å². The van der Waals surface area contributed by atoms with E-state index in [4.69, 9.17) is 10.7 Å². The molecule has 0 aliphatic rings. The molecule has 25 heavy (non-hydrogen) atoms. The lowest BCUT2D eigenvalue weighted by Crippen LogP contribution is -2.29. The smallest absolute Gasteiger partial charge is 0.252 e. The van der Waals surface area contributed by atoms with Crippen molar-refractivity contribution >= 4 is 53.1 Å². The van der Waals surface area contributed by atoms with Crippen LogP contribution in [0.4, 0.5) is 0 Å². The van der Waals surface area contributed by atoms with Crippen molar-refractivity contribution in [3.05, 3.63) is 35.3 Å². The molecule has 0 spiro atoms. The number of nitrogens with two attached hydrogens (primary N) is 1. The molecule has 3 aromatic rings. The second-order valence-corrected chi connectivity index (χ2v) is 6.44. The lowest BCUT2D eigenvalue weighted by molar-refractivity contribution is 0.0956. The van der Waals surface area contributed by atoms with Gasteiger partial charge in [-0.3, -0.25) is 4.79 Å². The summed E-state index contributed by atoms with van der Waals surface area (Å²) in [4.78, 5) is 18.2. The number of rotatable bonds is 5. The van der Waals surface area contributed by atoms with Gasteiger partial charge in [-0.25, -0.2) is 9.67 Å². The van der Waals surface area contributed by atoms with E-state index in [1.54, 1.807) is 17.5 Å². The topological polar surface area (TPSA) is 85.8 Å². The van der Waals surface area contributed by atoms with Crippen LogP contribution in [0.25, 0.3) is 21.6 Å². The van der Waals surface area contributed by atoms with E-state index in [0.29, 0.717) is 18.7 Å². The first-order valence-corrected chi connectivity index (χ1v) is 8.40. The van der Waals surface area contributed by atoms with E-state index in [1.807, 2.05) is 42.1 Å². The summed E-state index contributed by atoms with van der Waals surface area (Å²) in [5.41, 5.74) is 7.57. The molecule has 0 saturated heterocycles. The Morgan fingerprint density at radius 3 is 2.76 bits per heavy atom. The van der Waals surface area contributed by atoms with Crippen molar-refractivity contribution in [1.29, 1.82) is 0 Å². The van der Waals surface area contributed by atoms with Crippen molar-refractivity contribution in [2.24, 2.45) is 5.73 Å². The molecule has 0 aliphatic heterocycles. The zero-order valence-electron chi connectivity index (χ0n) is 13.9. The van der Waals surface area contributed by atoms with Crippen LogP contribution in [0.2, 0.25) is 0 Å². The summed E-state index contributed by atoms with van der Waals surface area (Å²) in [7, 11) is 0. The minimum Gasteiger partial charge on any atom is -0.351 e. The highest BCUT2D eigenvalue weighted by Crippen LogP contribution is 2.28. The number of nitrogens with zero attached hydrogens (tertiary/aromatic N) is 3. The number of halogens is 2. The van der Waals surface area contributed by atoms with Crippen LogP contribution in [0.15, 0.2) is 29.8 Å². The van der Waals surface area contributed by atoms with E-state index in [9.17, 15) is 4.79 Å². The fourth-order valence-corrected chi connectivity index (χ4v) is 3.10. The molecule has 1 amide bonds. The Labute approximate surface area is 162 Å². The van der Waals surface area contributed by atoms with E-state index >= 15 is 0 Å². The molecular weight excluding hydrogens is 381 g/mol. The number of fused-ring (bicyclic) bond motifs is 1. The normalized spacial score (nSPS) is 10.4. The second-order valence-electron chi connectivity index (χ2n) is 5.50. The average Bonchev–Trinajstić information content (AvgIpc) is 3.20. The lowest BCUT2D eigenvalue weighted by atomic mass is 10.1. The third kappa shape index (κ3) is 4.30. The number of pyridine rings is 1. The number of hydrogen-bond donors (Lipinski definition) is 2. The number of amides is 1. The molecular formula is C16H21Cl2N5OS. The number of carbonyl (C=O) groups excluding carboxylic acids is 1. The van der Waals surface area contributed by atoms with Gasteiger partial charge in [-0.15, -0.1) is 36.2 Å². The first-order valence-electron chi connectivity index (χ1n) is 7.52. The molecule has 0 atom stereocenters. The van der Waals surface area contributed by atoms with Crippen LogP contribution in [-0.4, -0.2) is 33.8 Å². The molecule has 0 aliphatic carbocycles. The van der Waals surface area contributed by atoms with Gasteiger partial charge in [-0.2, -0.15) is 5.10 Å². The van der Waals surface area contributed by atoms with Gasteiger partial charge in [0.1, 0.15) is 0 Å². The summed E-state index contributed by atoms with van der Waals surface area (Å²) in [5, 5.41) is 9.97. The Morgan fingerprint density at radius 1 is 1.40 bits per heavy atom. The van der Waals surface area contributed by atoms with Crippen molar-refractivity contribution in [2.75, 3.05) is 13.1 Å². The van der Waals surface area contributed by atoms with E-state index in [1.165, 1.54) is 0 Å². The third-order valence-corrected chi connectivity index (χ3v) is 4.40. The van der Waals surface area contributed by atoms with Gasteiger partial charge in [-0.1, -0.05) is 6.07 Å². The highest BCUT2D eigenvalue weighted by molar-refractivity contribution is 7.13. The van der Waals surface area contributed by atoms with Crippen molar-refractivity contribution in [3.8, 4) is 10.6 Å². The molecule has 3 heterocycles. The minimum absolute atomic E-state index is 0. The van der Waals surface area contributed by atoms with Gasteiger partial charge in [0, 0.05) is 19.1 Å². The SMILES string of the molecule is CC(C)n1ncc2c(C(=O)NCCN)cc(-c3cccs3)nc21.Cl.Cl. The predicted molar refractivity (Wildman–Crippen MR) is 107 cm³/mol. The van der Waals surface area contributed by atoms with E-state index in [2.05, 4.69) is 10.4 Å². The highest BCUT2D eigenvalue weighted by atomic mass is 35.5. The van der Waals surface area contributed by atoms with E-state index in [0.717, 1.165) is 21.6 Å². The Hall–Kier alpha value is -1.67. The summed E-state index contributed by atoms with van der Waals surface area (Å²) in [6.07, 6.45) is 1.71. The molecule has 0 saturated carbocycles. The van der Waals surface area contributed by atoms with Crippen molar-refractivity contribution in [1.82, 2.24) is 20.1 Å². The number of carbonyl (C=O) groups is 1. The predicted octanol–water partition coefficient (Wildman–Crippen LogP) is 3.27. The van der Waals surface area contributed by atoms with Crippen LogP contribution in [0.3, 0.4) is 0 Å². The van der Waals surface area contributed by atoms with E-state index < -0.39 is 0 Å². The van der Waals surface area contributed by atoms with Crippen LogP contribution in [0.5, 0.6) is 0 Å². The Balaban J connectivity index is 0.00000156. The van der Waals surface area contributed by atoms with Gasteiger partial charge < -0.3 is 11.1 Å². The van der Waals surface area contributed by atoms with Gasteiger partial charge in [0.25, 0.3) is 5.91 Å². The maximum atomic E-state index is 12.5. The third-order valence-electron chi connectivity index (χ3n) is 3.50. The maximum absolute atomic E-state index is 12.5. The average molecular weight is 402 g/mol. The van der Waals surface area contributed by atoms with Crippen LogP contribution in [0, 0.1) is 0 Å². The Kier molecular flexibility index (Phi) is 7.82. The van der Waals surface area contributed by atoms with Gasteiger partial charge >= 0.3 is 0 Å². The molecule has 0 radical (unpaired) electrons. The van der Waals surface area contributed by atoms with Gasteiger partial charge in [0.2, 0.25) is 0 Å². The second kappa shape index (κ2) is 9.15. The first-order chi connectivity index (χ1) is 11.1. The minimum atomic E-state index is -0.149. The summed E-state index contributed by atoms with van der Waals surface area (Å²) >= 11 is 1.60. The summed E-state index contributed by atoms with van der Waals surface area (Å²) < 4.78 is 1.84. The van der Waals surface area contributed by atoms with E-state index in [-0.39, 0.29) is 36.8 Å². The lowest BCUT2D eigenvalue weighted by Gasteiger charge is -2.10. The molecule has 3 aromatic heterocycles. The van der Waals surface area contributed by atoms with Gasteiger partial charge in [-0.05, 0) is 31.4 Å². The summed E-state index contributed by atoms with van der Waals surface area (Å²) in [5.74, 6) is -0.149. The highest BCUT2D eigenvalue weighted by Gasteiger charge is 2.18. The van der Waals surface area contributed by atoms with Crippen LogP contribution in [-0.2, 0) is 0 Å². The molecule has 0 aromatic carbocycles. The zero-order valence-corrected chi connectivity index (χ0v) is 16.4. The van der Waals surface area contributed by atoms with Crippen molar-refractivity contribution in [2.45, 2.75) is 19.9 Å². The molecule has 136 valence electrons. The van der Waals surface area contributed by atoms with Crippen molar-refractivity contribution in [3.63, 3.8) is 0 Å². The van der Waals surface area contributed by atoms with Gasteiger partial charge in [0.15, 0.2) is 5.65 Å². The maximum Gasteiger partial charge on any atom is 0.252 e. The fourth-order valence-electron chi connectivity index (χ4n) is 2.42. The molecule has 0 unspecified atom stereocenters. The first kappa shape index (κ1) is 21.4. The molecule has 3 N–H and O–H groups in total. The molecule has 0 fully saturated rings. The number of nitrogens with one attached hydrogen (secondary N) is 1. The molecule has 9 heteroatoms. The molecule has 0 bridgehead atoms. The number of aromatic nitrogens is 3. The zero-order chi connectivity index (χ0) is 16.4. The standard InChI is InChI=1S/C16H19N5OS.2ClH/c1-10(2)21-15-12(9-19-21)11(16(22)18-6-5-17)8-13(20-15)14-4-3-7-23-14;;/h3-4,7-10H,5-6,17H2,1-2H3,(H,18,22);2*1H. The molecule has 3 rings (SSSR count). The van der Waals surface area contributed by atoms with Crippen LogP contribution < -0.4 is 11.1 Å². The number of thiophene rings is 1. The number of hydrogen-bond acceptors (Lipinski definition) is 5. The Morgan fingerprint density at radius 2 is 2.16 bits per heavy atom. The summed E-state index contributed by atoms with van der Waals surface area (Å²) in [6.45, 7) is 4.93. The van der Waals surface area contributed by atoms with Crippen LogP contribution >= 0.6 is 36.2 Å². The van der Waals surface area contributed by atoms with Crippen molar-refractivity contribution < 1.29 is 4.79 Å². The monoisotopic (exact) mass is 401 g/mol. The quantitative estimate of drug-likeness (QED) is 0.686.